The zero-order chi connectivity index (χ0) is 16.3. The summed E-state index contributed by atoms with van der Waals surface area (Å²) in [4.78, 5) is 12.3. The van der Waals surface area contributed by atoms with Crippen molar-refractivity contribution in [3.63, 3.8) is 0 Å². The number of allylic oxidation sites excluding steroid dienone is 1. The number of benzene rings is 1. The van der Waals surface area contributed by atoms with E-state index in [1.807, 2.05) is 6.92 Å². The number of aliphatic hydroxyl groups excluding tert-OH is 1. The topological polar surface area (TPSA) is 88.1 Å². The number of hydrogen-bond acceptors (Lipinski definition) is 5. The molecule has 6 heteroatoms. The van der Waals surface area contributed by atoms with Gasteiger partial charge in [-0.2, -0.15) is 10.5 Å². The Morgan fingerprint density at radius 2 is 2.14 bits per heavy atom. The first-order valence-corrected chi connectivity index (χ1v) is 7.33. The monoisotopic (exact) mass is 313 g/mol. The van der Waals surface area contributed by atoms with Crippen molar-refractivity contribution in [3.8, 4) is 12.1 Å². The fraction of sp³-hybridized carbons (Fsp3) is 0.312. The van der Waals surface area contributed by atoms with Gasteiger partial charge in [0.15, 0.2) is 5.57 Å². The fourth-order valence-electron chi connectivity index (χ4n) is 2.11. The average molecular weight is 313 g/mol. The first-order valence-electron chi connectivity index (χ1n) is 6.93. The Kier molecular flexibility index (Phi) is 4.75. The quantitative estimate of drug-likeness (QED) is 0.387. The van der Waals surface area contributed by atoms with Gasteiger partial charge in [-0.25, -0.2) is 0 Å². The van der Waals surface area contributed by atoms with E-state index in [4.69, 9.17) is 10.5 Å². The van der Waals surface area contributed by atoms with Crippen LogP contribution < -0.4 is 4.31 Å². The largest absolute Gasteiger partial charge is 0.510 e. The Balaban J connectivity index is 2.33. The standard InChI is InChI=1S/C16H15N3O2S/c1-2-10-7-13(6-5-12(10)8-17)19(22)16(21)14(9-18)15(20)11-3-4-11/h5-7,11,20,22H,2-4H2,1H3. The molecular formula is C16H15N3O2S. The van der Waals surface area contributed by atoms with Crippen LogP contribution >= 0.6 is 12.8 Å². The lowest BCUT2D eigenvalue weighted by Gasteiger charge is -2.17. The lowest BCUT2D eigenvalue weighted by atomic mass is 10.0. The van der Waals surface area contributed by atoms with E-state index in [1.54, 1.807) is 24.3 Å². The molecule has 0 spiro atoms. The molecule has 5 nitrogen and oxygen atoms in total. The molecule has 0 unspecified atom stereocenters. The molecule has 1 fully saturated rings. The van der Waals surface area contributed by atoms with Crippen LogP contribution in [-0.2, 0) is 11.2 Å². The highest BCUT2D eigenvalue weighted by molar-refractivity contribution is 7.82. The third-order valence-corrected chi connectivity index (χ3v) is 3.99. The SMILES string of the molecule is CCc1cc(N(S)C(=O)C(C#N)=C(O)C2CC2)ccc1C#N. The molecule has 0 bridgehead atoms. The number of rotatable bonds is 4. The summed E-state index contributed by atoms with van der Waals surface area (Å²) >= 11 is 4.15. The van der Waals surface area contributed by atoms with Crippen LogP contribution in [0.2, 0.25) is 0 Å². The lowest BCUT2D eigenvalue weighted by Crippen LogP contribution is -2.24. The van der Waals surface area contributed by atoms with Crippen molar-refractivity contribution in [3.05, 3.63) is 40.7 Å². The Labute approximate surface area is 134 Å². The van der Waals surface area contributed by atoms with Crippen LogP contribution in [0.4, 0.5) is 5.69 Å². The molecule has 1 aromatic rings. The normalized spacial score (nSPS) is 14.5. The smallest absolute Gasteiger partial charge is 0.282 e. The van der Waals surface area contributed by atoms with E-state index in [0.29, 0.717) is 17.7 Å². The maximum Gasteiger partial charge on any atom is 0.282 e. The van der Waals surface area contributed by atoms with Gasteiger partial charge >= 0.3 is 0 Å². The molecule has 1 amide bonds. The number of hydrogen-bond donors (Lipinski definition) is 2. The van der Waals surface area contributed by atoms with E-state index in [2.05, 4.69) is 18.9 Å². The van der Waals surface area contributed by atoms with Gasteiger partial charge in [0.25, 0.3) is 5.91 Å². The van der Waals surface area contributed by atoms with Crippen LogP contribution in [0.15, 0.2) is 29.5 Å². The first-order chi connectivity index (χ1) is 10.5. The Hall–Kier alpha value is -2.44. The van der Waals surface area contributed by atoms with Crippen molar-refractivity contribution in [2.24, 2.45) is 5.92 Å². The van der Waals surface area contributed by atoms with Gasteiger partial charge in [-0.3, -0.25) is 9.10 Å². The van der Waals surface area contributed by atoms with Gasteiger partial charge in [0.05, 0.1) is 17.3 Å². The van der Waals surface area contributed by atoms with Gasteiger partial charge in [0, 0.05) is 5.92 Å². The third-order valence-electron chi connectivity index (χ3n) is 3.57. The fourth-order valence-corrected chi connectivity index (χ4v) is 2.34. The summed E-state index contributed by atoms with van der Waals surface area (Å²) in [7, 11) is 0. The number of carbonyl (C=O) groups is 1. The van der Waals surface area contributed by atoms with E-state index in [9.17, 15) is 9.90 Å². The van der Waals surface area contributed by atoms with Crippen molar-refractivity contribution in [1.82, 2.24) is 0 Å². The summed E-state index contributed by atoms with van der Waals surface area (Å²) in [5.74, 6) is -0.912. The molecule has 1 aliphatic rings. The average Bonchev–Trinajstić information content (AvgIpc) is 3.38. The van der Waals surface area contributed by atoms with Gasteiger partial charge in [-0.1, -0.05) is 19.7 Å². The summed E-state index contributed by atoms with van der Waals surface area (Å²) in [6, 6.07) is 8.74. The van der Waals surface area contributed by atoms with E-state index < -0.39 is 5.91 Å². The van der Waals surface area contributed by atoms with Gasteiger partial charge < -0.3 is 5.11 Å². The minimum Gasteiger partial charge on any atom is -0.510 e. The minimum atomic E-state index is -0.665. The molecule has 0 aromatic heterocycles. The highest BCUT2D eigenvalue weighted by Gasteiger charge is 2.32. The van der Waals surface area contributed by atoms with Crippen LogP contribution in [0.1, 0.15) is 30.9 Å². The molecule has 112 valence electrons. The third kappa shape index (κ3) is 3.08. The maximum absolute atomic E-state index is 12.3. The number of amides is 1. The molecule has 0 atom stereocenters. The highest BCUT2D eigenvalue weighted by Crippen LogP contribution is 2.37. The number of thiol groups is 1. The molecule has 1 aliphatic carbocycles. The molecule has 22 heavy (non-hydrogen) atoms. The van der Waals surface area contributed by atoms with Gasteiger partial charge in [0.1, 0.15) is 11.8 Å². The zero-order valence-electron chi connectivity index (χ0n) is 12.1. The van der Waals surface area contributed by atoms with Crippen LogP contribution in [0, 0.1) is 28.6 Å². The summed E-state index contributed by atoms with van der Waals surface area (Å²) in [6.45, 7) is 1.91. The summed E-state index contributed by atoms with van der Waals surface area (Å²) in [5, 5.41) is 28.1. The highest BCUT2D eigenvalue weighted by atomic mass is 32.1. The molecule has 0 aliphatic heterocycles. The second-order valence-corrected chi connectivity index (χ2v) is 5.47. The number of nitrogens with zero attached hydrogens (tertiary/aromatic N) is 3. The Bertz CT molecular complexity index is 724. The number of aryl methyl sites for hydroxylation is 1. The van der Waals surface area contributed by atoms with E-state index in [-0.39, 0.29) is 17.3 Å². The molecule has 1 aromatic carbocycles. The second kappa shape index (κ2) is 6.55. The zero-order valence-corrected chi connectivity index (χ0v) is 13.0. The lowest BCUT2D eigenvalue weighted by molar-refractivity contribution is -0.113. The minimum absolute atomic E-state index is 0.0903. The van der Waals surface area contributed by atoms with Crippen LogP contribution in [0.5, 0.6) is 0 Å². The number of carbonyl (C=O) groups excluding carboxylic acids is 1. The Morgan fingerprint density at radius 1 is 1.45 bits per heavy atom. The molecule has 0 heterocycles. The van der Waals surface area contributed by atoms with E-state index in [0.717, 1.165) is 22.7 Å². The van der Waals surface area contributed by atoms with Gasteiger partial charge in [-0.05, 0) is 43.0 Å². The van der Waals surface area contributed by atoms with Crippen LogP contribution in [-0.4, -0.2) is 11.0 Å². The van der Waals surface area contributed by atoms with E-state index >= 15 is 0 Å². The second-order valence-electron chi connectivity index (χ2n) is 5.07. The summed E-state index contributed by atoms with van der Waals surface area (Å²) in [6.07, 6.45) is 2.21. The van der Waals surface area contributed by atoms with Crippen molar-refractivity contribution in [2.45, 2.75) is 26.2 Å². The molecule has 1 saturated carbocycles. The van der Waals surface area contributed by atoms with Crippen LogP contribution in [0.25, 0.3) is 0 Å². The van der Waals surface area contributed by atoms with Gasteiger partial charge in [-0.15, -0.1) is 0 Å². The summed E-state index contributed by atoms with van der Waals surface area (Å²) < 4.78 is 1.03. The number of aliphatic hydroxyl groups is 1. The molecule has 2 rings (SSSR count). The van der Waals surface area contributed by atoms with Gasteiger partial charge in [0.2, 0.25) is 0 Å². The summed E-state index contributed by atoms with van der Waals surface area (Å²) in [5.41, 5.74) is 1.51. The number of anilines is 1. The molecular weight excluding hydrogens is 298 g/mol. The van der Waals surface area contributed by atoms with Crippen molar-refractivity contribution in [1.29, 1.82) is 10.5 Å². The van der Waals surface area contributed by atoms with Crippen LogP contribution in [0.3, 0.4) is 0 Å². The molecule has 1 N–H and O–H groups in total. The van der Waals surface area contributed by atoms with Crippen molar-refractivity contribution in [2.75, 3.05) is 4.31 Å². The predicted octanol–water partition coefficient (Wildman–Crippen LogP) is 3.04. The maximum atomic E-state index is 12.3. The van der Waals surface area contributed by atoms with E-state index in [1.165, 1.54) is 0 Å². The Morgan fingerprint density at radius 3 is 2.64 bits per heavy atom. The first kappa shape index (κ1) is 15.9. The molecule has 0 radical (unpaired) electrons. The molecule has 0 saturated heterocycles. The number of nitriles is 2. The predicted molar refractivity (Wildman–Crippen MR) is 85.0 cm³/mol. The van der Waals surface area contributed by atoms with Crippen molar-refractivity contribution >= 4 is 24.4 Å². The van der Waals surface area contributed by atoms with Crippen molar-refractivity contribution < 1.29 is 9.90 Å².